The number of hydrogen-bond donors (Lipinski definition) is 0. The lowest BCUT2D eigenvalue weighted by atomic mass is 10.1. The van der Waals surface area contributed by atoms with Gasteiger partial charge < -0.3 is 9.64 Å². The highest BCUT2D eigenvalue weighted by atomic mass is 79.9. The second-order valence-electron chi connectivity index (χ2n) is 4.64. The SMILES string of the molecule is Cc1cc([N+](=O)[O-])ccc1C(=O)N1CCOCC1CBr. The van der Waals surface area contributed by atoms with Gasteiger partial charge in [0.15, 0.2) is 0 Å². The Bertz CT molecular complexity index is 535. The number of benzene rings is 1. The van der Waals surface area contributed by atoms with Crippen LogP contribution in [0.4, 0.5) is 5.69 Å². The highest BCUT2D eigenvalue weighted by Gasteiger charge is 2.28. The van der Waals surface area contributed by atoms with Gasteiger partial charge in [0.05, 0.1) is 24.2 Å². The number of aryl methyl sites for hydroxylation is 1. The lowest BCUT2D eigenvalue weighted by Crippen LogP contribution is -2.49. The van der Waals surface area contributed by atoms with Crippen molar-refractivity contribution in [2.24, 2.45) is 0 Å². The summed E-state index contributed by atoms with van der Waals surface area (Å²) in [5.41, 5.74) is 1.12. The van der Waals surface area contributed by atoms with E-state index in [0.29, 0.717) is 36.2 Å². The number of nitrogens with zero attached hydrogens (tertiary/aromatic N) is 2. The van der Waals surface area contributed by atoms with Crippen molar-refractivity contribution >= 4 is 27.5 Å². The predicted octanol–water partition coefficient (Wildman–Crippen LogP) is 2.14. The fourth-order valence-corrected chi connectivity index (χ4v) is 2.74. The average molecular weight is 343 g/mol. The number of rotatable bonds is 3. The Labute approximate surface area is 125 Å². The summed E-state index contributed by atoms with van der Waals surface area (Å²) in [6.07, 6.45) is 0. The lowest BCUT2D eigenvalue weighted by molar-refractivity contribution is -0.384. The van der Waals surface area contributed by atoms with Crippen LogP contribution in [0.2, 0.25) is 0 Å². The third-order valence-corrected chi connectivity index (χ3v) is 4.07. The molecule has 0 spiro atoms. The number of carbonyl (C=O) groups is 1. The van der Waals surface area contributed by atoms with E-state index in [-0.39, 0.29) is 17.6 Å². The van der Waals surface area contributed by atoms with Gasteiger partial charge >= 0.3 is 0 Å². The maximum Gasteiger partial charge on any atom is 0.269 e. The van der Waals surface area contributed by atoms with Crippen molar-refractivity contribution in [1.29, 1.82) is 0 Å². The van der Waals surface area contributed by atoms with E-state index in [9.17, 15) is 14.9 Å². The molecule has 0 radical (unpaired) electrons. The summed E-state index contributed by atoms with van der Waals surface area (Å²) < 4.78 is 5.36. The first-order valence-corrected chi connectivity index (χ1v) is 7.36. The summed E-state index contributed by atoms with van der Waals surface area (Å²) >= 11 is 3.38. The molecule has 1 aliphatic rings. The topological polar surface area (TPSA) is 72.7 Å². The lowest BCUT2D eigenvalue weighted by Gasteiger charge is -2.34. The Morgan fingerprint density at radius 1 is 1.60 bits per heavy atom. The molecule has 6 nitrogen and oxygen atoms in total. The molecule has 1 aromatic rings. The second kappa shape index (κ2) is 6.32. The minimum absolute atomic E-state index is 0.00179. The molecular formula is C13H15BrN2O4. The Balaban J connectivity index is 2.26. The molecule has 1 amide bonds. The zero-order valence-electron chi connectivity index (χ0n) is 11.0. The molecule has 0 bridgehead atoms. The van der Waals surface area contributed by atoms with Gasteiger partial charge in [0, 0.05) is 29.6 Å². The van der Waals surface area contributed by atoms with E-state index in [0.717, 1.165) is 0 Å². The Morgan fingerprint density at radius 2 is 2.35 bits per heavy atom. The van der Waals surface area contributed by atoms with E-state index in [2.05, 4.69) is 15.9 Å². The zero-order valence-corrected chi connectivity index (χ0v) is 12.6. The number of halogens is 1. The van der Waals surface area contributed by atoms with E-state index in [1.54, 1.807) is 11.8 Å². The van der Waals surface area contributed by atoms with Crippen LogP contribution in [-0.4, -0.2) is 46.9 Å². The third-order valence-electron chi connectivity index (χ3n) is 3.32. The number of nitro groups is 1. The number of hydrogen-bond acceptors (Lipinski definition) is 4. The normalized spacial score (nSPS) is 18.9. The summed E-state index contributed by atoms with van der Waals surface area (Å²) in [4.78, 5) is 24.6. The molecule has 1 aromatic carbocycles. The van der Waals surface area contributed by atoms with Gasteiger partial charge in [-0.2, -0.15) is 0 Å². The van der Waals surface area contributed by atoms with Gasteiger partial charge in [-0.15, -0.1) is 0 Å². The Hall–Kier alpha value is -1.47. The molecule has 108 valence electrons. The van der Waals surface area contributed by atoms with Crippen molar-refractivity contribution in [3.05, 3.63) is 39.4 Å². The minimum Gasteiger partial charge on any atom is -0.377 e. The van der Waals surface area contributed by atoms with Gasteiger partial charge in [-0.05, 0) is 18.6 Å². The summed E-state index contributed by atoms with van der Waals surface area (Å²) in [6.45, 7) is 3.26. The van der Waals surface area contributed by atoms with Crippen LogP contribution in [0.25, 0.3) is 0 Å². The molecule has 20 heavy (non-hydrogen) atoms. The second-order valence-corrected chi connectivity index (χ2v) is 5.29. The zero-order chi connectivity index (χ0) is 14.7. The molecule has 0 aliphatic carbocycles. The van der Waals surface area contributed by atoms with Crippen LogP contribution in [-0.2, 0) is 4.74 Å². The molecule has 1 atom stereocenters. The van der Waals surface area contributed by atoms with Gasteiger partial charge in [0.2, 0.25) is 0 Å². The monoisotopic (exact) mass is 342 g/mol. The number of amides is 1. The van der Waals surface area contributed by atoms with Crippen LogP contribution in [0.3, 0.4) is 0 Å². The molecule has 1 heterocycles. The quantitative estimate of drug-likeness (QED) is 0.479. The first kappa shape index (κ1) is 14.9. The highest BCUT2D eigenvalue weighted by molar-refractivity contribution is 9.09. The molecule has 1 aliphatic heterocycles. The number of morpholine rings is 1. The molecule has 0 N–H and O–H groups in total. The Kier molecular flexibility index (Phi) is 4.72. The van der Waals surface area contributed by atoms with E-state index in [4.69, 9.17) is 4.74 Å². The van der Waals surface area contributed by atoms with Crippen LogP contribution >= 0.6 is 15.9 Å². The minimum atomic E-state index is -0.461. The molecule has 1 unspecified atom stereocenters. The van der Waals surface area contributed by atoms with Gasteiger partial charge in [-0.1, -0.05) is 15.9 Å². The third kappa shape index (κ3) is 2.99. The first-order valence-electron chi connectivity index (χ1n) is 6.24. The van der Waals surface area contributed by atoms with Gasteiger partial charge in [0.25, 0.3) is 11.6 Å². The smallest absolute Gasteiger partial charge is 0.269 e. The summed E-state index contributed by atoms with van der Waals surface area (Å²) in [5.74, 6) is -0.106. The van der Waals surface area contributed by atoms with Crippen LogP contribution in [0.5, 0.6) is 0 Å². The van der Waals surface area contributed by atoms with Crippen molar-refractivity contribution in [2.45, 2.75) is 13.0 Å². The Morgan fingerprint density at radius 3 is 2.95 bits per heavy atom. The van der Waals surface area contributed by atoms with E-state index in [1.165, 1.54) is 18.2 Å². The van der Waals surface area contributed by atoms with Crippen molar-refractivity contribution in [1.82, 2.24) is 4.90 Å². The fourth-order valence-electron chi connectivity index (χ4n) is 2.21. The van der Waals surface area contributed by atoms with Crippen molar-refractivity contribution < 1.29 is 14.5 Å². The highest BCUT2D eigenvalue weighted by Crippen LogP contribution is 2.21. The molecule has 1 saturated heterocycles. The summed E-state index contributed by atoms with van der Waals surface area (Å²) in [5, 5.41) is 11.4. The van der Waals surface area contributed by atoms with Gasteiger partial charge in [-0.3, -0.25) is 14.9 Å². The van der Waals surface area contributed by atoms with E-state index >= 15 is 0 Å². The summed E-state index contributed by atoms with van der Waals surface area (Å²) in [7, 11) is 0. The van der Waals surface area contributed by atoms with E-state index in [1.807, 2.05) is 0 Å². The average Bonchev–Trinajstić information content (AvgIpc) is 2.46. The predicted molar refractivity (Wildman–Crippen MR) is 77.3 cm³/mol. The van der Waals surface area contributed by atoms with Crippen molar-refractivity contribution in [2.75, 3.05) is 25.1 Å². The maximum absolute atomic E-state index is 12.6. The largest absolute Gasteiger partial charge is 0.377 e. The first-order chi connectivity index (χ1) is 9.54. The van der Waals surface area contributed by atoms with Gasteiger partial charge in [-0.25, -0.2) is 0 Å². The van der Waals surface area contributed by atoms with Crippen LogP contribution in [0, 0.1) is 17.0 Å². The molecule has 1 fully saturated rings. The van der Waals surface area contributed by atoms with Gasteiger partial charge in [0.1, 0.15) is 0 Å². The standard InChI is InChI=1S/C13H15BrN2O4/c1-9-6-10(16(18)19)2-3-12(9)13(17)15-4-5-20-8-11(15)7-14/h2-3,6,11H,4-5,7-8H2,1H3. The number of alkyl halides is 1. The molecule has 7 heteroatoms. The van der Waals surface area contributed by atoms with Crippen LogP contribution in [0.15, 0.2) is 18.2 Å². The molecule has 0 aromatic heterocycles. The molecule has 0 saturated carbocycles. The van der Waals surface area contributed by atoms with Crippen molar-refractivity contribution in [3.63, 3.8) is 0 Å². The number of carbonyl (C=O) groups excluding carboxylic acids is 1. The van der Waals surface area contributed by atoms with E-state index < -0.39 is 4.92 Å². The number of nitro benzene ring substituents is 1. The molecule has 2 rings (SSSR count). The number of non-ortho nitro benzene ring substituents is 1. The van der Waals surface area contributed by atoms with Crippen LogP contribution < -0.4 is 0 Å². The number of ether oxygens (including phenoxy) is 1. The van der Waals surface area contributed by atoms with Crippen molar-refractivity contribution in [3.8, 4) is 0 Å². The fraction of sp³-hybridized carbons (Fsp3) is 0.462. The molecular weight excluding hydrogens is 328 g/mol. The summed E-state index contributed by atoms with van der Waals surface area (Å²) in [6, 6.07) is 4.31. The van der Waals surface area contributed by atoms with Crippen LogP contribution in [0.1, 0.15) is 15.9 Å². The maximum atomic E-state index is 12.6.